The molecule has 3 N–H and O–H groups in total. The second kappa shape index (κ2) is 8.03. The molecule has 0 fully saturated rings. The minimum Gasteiger partial charge on any atom is -0.486 e. The molecule has 1 aromatic carbocycles. The molecule has 9 nitrogen and oxygen atoms in total. The molecule has 2 aromatic rings. The van der Waals surface area contributed by atoms with Crippen molar-refractivity contribution < 1.29 is 38.5 Å². The van der Waals surface area contributed by atoms with E-state index in [0.29, 0.717) is 41.8 Å². The number of nitrogens with one attached hydrogen (secondary N) is 1. The molecule has 148 valence electrons. The van der Waals surface area contributed by atoms with E-state index in [1.165, 1.54) is 6.07 Å². The summed E-state index contributed by atoms with van der Waals surface area (Å²) in [6.07, 6.45) is -0.591. The van der Waals surface area contributed by atoms with Crippen molar-refractivity contribution in [2.45, 2.75) is 25.8 Å². The highest BCUT2D eigenvalue weighted by Crippen LogP contribution is 2.35. The van der Waals surface area contributed by atoms with Gasteiger partial charge in [0, 0.05) is 12.0 Å². The molecule has 1 aliphatic rings. The van der Waals surface area contributed by atoms with Crippen LogP contribution < -0.4 is 14.8 Å². The highest BCUT2D eigenvalue weighted by atomic mass is 16.6. The highest BCUT2D eigenvalue weighted by molar-refractivity contribution is 5.98. The van der Waals surface area contributed by atoms with Crippen LogP contribution in [0.1, 0.15) is 29.0 Å². The first-order valence-corrected chi connectivity index (χ1v) is 8.61. The Morgan fingerprint density at radius 3 is 2.50 bits per heavy atom. The second-order valence-electron chi connectivity index (χ2n) is 6.24. The summed E-state index contributed by atoms with van der Waals surface area (Å²) in [4.78, 5) is 34.4. The Morgan fingerprint density at radius 1 is 1.11 bits per heavy atom. The Labute approximate surface area is 159 Å². The maximum absolute atomic E-state index is 12.5. The molecule has 2 heterocycles. The fourth-order valence-electron chi connectivity index (χ4n) is 2.81. The van der Waals surface area contributed by atoms with E-state index in [1.807, 2.05) is 0 Å². The van der Waals surface area contributed by atoms with Gasteiger partial charge < -0.3 is 29.4 Å². The first-order chi connectivity index (χ1) is 13.3. The molecule has 1 aliphatic heterocycles. The molecule has 0 bridgehead atoms. The largest absolute Gasteiger partial charge is 0.486 e. The predicted molar refractivity (Wildman–Crippen MR) is 95.6 cm³/mol. The van der Waals surface area contributed by atoms with Gasteiger partial charge in [-0.2, -0.15) is 0 Å². The average molecular weight is 389 g/mol. The van der Waals surface area contributed by atoms with E-state index in [4.69, 9.17) is 19.0 Å². The van der Waals surface area contributed by atoms with E-state index in [1.54, 1.807) is 25.1 Å². The van der Waals surface area contributed by atoms with E-state index < -0.39 is 23.9 Å². The molecular formula is C19H19NO8. The lowest BCUT2D eigenvalue weighted by Crippen LogP contribution is -2.41. The van der Waals surface area contributed by atoms with Gasteiger partial charge in [0.15, 0.2) is 11.5 Å². The predicted octanol–water partition coefficient (Wildman–Crippen LogP) is 2.07. The van der Waals surface area contributed by atoms with Gasteiger partial charge in [-0.25, -0.2) is 4.79 Å². The highest BCUT2D eigenvalue weighted by Gasteiger charge is 2.24. The summed E-state index contributed by atoms with van der Waals surface area (Å²) in [6, 6.07) is 5.44. The first-order valence-electron chi connectivity index (χ1n) is 8.61. The number of fused-ring (bicyclic) bond motifs is 1. The number of benzene rings is 1. The number of amides is 1. The first kappa shape index (κ1) is 19.3. The quantitative estimate of drug-likeness (QED) is 0.655. The zero-order chi connectivity index (χ0) is 20.3. The molecule has 1 atom stereocenters. The molecule has 0 spiro atoms. The fourth-order valence-corrected chi connectivity index (χ4v) is 2.81. The Hall–Kier alpha value is -3.49. The van der Waals surface area contributed by atoms with Crippen LogP contribution in [0.3, 0.4) is 0 Å². The molecule has 0 saturated carbocycles. The maximum Gasteiger partial charge on any atom is 0.326 e. The van der Waals surface area contributed by atoms with Crippen LogP contribution >= 0.6 is 0 Å². The van der Waals surface area contributed by atoms with E-state index in [9.17, 15) is 19.5 Å². The number of ether oxygens (including phenoxy) is 2. The lowest BCUT2D eigenvalue weighted by Gasteiger charge is -2.18. The fraction of sp³-hybridized carbons (Fsp3) is 0.316. The van der Waals surface area contributed by atoms with Crippen molar-refractivity contribution >= 4 is 17.8 Å². The van der Waals surface area contributed by atoms with Gasteiger partial charge in [-0.05, 0) is 37.6 Å². The Balaban J connectivity index is 1.78. The molecule has 9 heteroatoms. The number of carbonyl (C=O) groups excluding carboxylic acids is 1. The van der Waals surface area contributed by atoms with Crippen molar-refractivity contribution in [1.29, 1.82) is 0 Å². The van der Waals surface area contributed by atoms with Crippen molar-refractivity contribution in [2.24, 2.45) is 0 Å². The monoisotopic (exact) mass is 389 g/mol. The van der Waals surface area contributed by atoms with Gasteiger partial charge in [-0.15, -0.1) is 0 Å². The molecule has 0 aliphatic carbocycles. The number of carbonyl (C=O) groups is 3. The lowest BCUT2D eigenvalue weighted by atomic mass is 10.1. The standard InChI is InChI=1S/C19H19NO8/c1-10-12(18(23)20-13(19(24)25)3-5-17(21)22)9-15(28-10)11-2-4-14-16(8-11)27-7-6-26-14/h2,4,8-9,13H,3,5-7H2,1H3,(H,20,23)(H,21,22)(H,24,25)/t13-/m0/s1. The van der Waals surface area contributed by atoms with Gasteiger partial charge in [0.1, 0.15) is 30.8 Å². The minimum absolute atomic E-state index is 0.173. The molecule has 0 radical (unpaired) electrons. The van der Waals surface area contributed by atoms with Crippen molar-refractivity contribution in [3.63, 3.8) is 0 Å². The van der Waals surface area contributed by atoms with Crippen LogP contribution in [0, 0.1) is 6.92 Å². The smallest absolute Gasteiger partial charge is 0.326 e. The third-order valence-electron chi connectivity index (χ3n) is 4.24. The van der Waals surface area contributed by atoms with Gasteiger partial charge in [0.05, 0.1) is 5.56 Å². The molecule has 3 rings (SSSR count). The number of aliphatic carboxylic acids is 2. The summed E-state index contributed by atoms with van der Waals surface area (Å²) in [5.41, 5.74) is 0.846. The Bertz CT molecular complexity index is 917. The minimum atomic E-state index is -1.31. The van der Waals surface area contributed by atoms with Crippen molar-refractivity contribution in [1.82, 2.24) is 5.32 Å². The van der Waals surface area contributed by atoms with Crippen LogP contribution in [-0.2, 0) is 9.59 Å². The lowest BCUT2D eigenvalue weighted by molar-refractivity contribution is -0.140. The average Bonchev–Trinajstić information content (AvgIpc) is 3.06. The zero-order valence-electron chi connectivity index (χ0n) is 15.1. The van der Waals surface area contributed by atoms with Crippen LogP contribution in [0.25, 0.3) is 11.3 Å². The SMILES string of the molecule is Cc1oc(-c2ccc3c(c2)OCCO3)cc1C(=O)N[C@@H](CCC(=O)O)C(=O)O. The molecule has 0 saturated heterocycles. The van der Waals surface area contributed by atoms with E-state index in [-0.39, 0.29) is 18.4 Å². The van der Waals surface area contributed by atoms with Crippen molar-refractivity contribution in [3.8, 4) is 22.8 Å². The normalized spacial score (nSPS) is 13.6. The molecule has 0 unspecified atom stereocenters. The van der Waals surface area contributed by atoms with Crippen LogP contribution in [0.15, 0.2) is 28.7 Å². The van der Waals surface area contributed by atoms with E-state index >= 15 is 0 Å². The summed E-state index contributed by atoms with van der Waals surface area (Å²) in [6.45, 7) is 2.50. The van der Waals surface area contributed by atoms with Crippen LogP contribution in [-0.4, -0.2) is 47.3 Å². The number of carboxylic acid groups (broad SMARTS) is 2. The van der Waals surface area contributed by atoms with Gasteiger partial charge in [0.2, 0.25) is 0 Å². The Morgan fingerprint density at radius 2 is 1.82 bits per heavy atom. The summed E-state index contributed by atoms with van der Waals surface area (Å²) in [5, 5.41) is 20.2. The van der Waals surface area contributed by atoms with Crippen LogP contribution in [0.5, 0.6) is 11.5 Å². The number of carboxylic acids is 2. The number of furan rings is 1. The maximum atomic E-state index is 12.5. The number of aryl methyl sites for hydroxylation is 1. The van der Waals surface area contributed by atoms with Crippen molar-refractivity contribution in [2.75, 3.05) is 13.2 Å². The third kappa shape index (κ3) is 4.25. The summed E-state index contributed by atoms with van der Waals surface area (Å²) >= 11 is 0. The molecule has 1 aromatic heterocycles. The van der Waals surface area contributed by atoms with Crippen molar-refractivity contribution in [3.05, 3.63) is 35.6 Å². The van der Waals surface area contributed by atoms with Gasteiger partial charge in [-0.1, -0.05) is 0 Å². The zero-order valence-corrected chi connectivity index (χ0v) is 15.1. The number of hydrogen-bond acceptors (Lipinski definition) is 6. The van der Waals surface area contributed by atoms with Gasteiger partial charge >= 0.3 is 11.9 Å². The topological polar surface area (TPSA) is 135 Å². The third-order valence-corrected chi connectivity index (χ3v) is 4.24. The number of hydrogen-bond donors (Lipinski definition) is 3. The molecular weight excluding hydrogens is 370 g/mol. The van der Waals surface area contributed by atoms with E-state index in [2.05, 4.69) is 5.32 Å². The molecule has 28 heavy (non-hydrogen) atoms. The summed E-state index contributed by atoms with van der Waals surface area (Å²) in [5.74, 6) is -1.17. The van der Waals surface area contributed by atoms with Crippen LogP contribution in [0.2, 0.25) is 0 Å². The van der Waals surface area contributed by atoms with Crippen LogP contribution in [0.4, 0.5) is 0 Å². The van der Waals surface area contributed by atoms with Gasteiger partial charge in [-0.3, -0.25) is 9.59 Å². The Kier molecular flexibility index (Phi) is 5.53. The molecule has 1 amide bonds. The van der Waals surface area contributed by atoms with Gasteiger partial charge in [0.25, 0.3) is 5.91 Å². The summed E-state index contributed by atoms with van der Waals surface area (Å²) < 4.78 is 16.7. The number of rotatable bonds is 7. The summed E-state index contributed by atoms with van der Waals surface area (Å²) in [7, 11) is 0. The van der Waals surface area contributed by atoms with E-state index in [0.717, 1.165) is 0 Å². The second-order valence-corrected chi connectivity index (χ2v) is 6.24.